The molecule has 0 aliphatic heterocycles. The highest BCUT2D eigenvalue weighted by molar-refractivity contribution is 9.10. The summed E-state index contributed by atoms with van der Waals surface area (Å²) in [6, 6.07) is 8.10. The Labute approximate surface area is 121 Å². The van der Waals surface area contributed by atoms with Crippen LogP contribution in [0, 0.1) is 0 Å². The predicted molar refractivity (Wildman–Crippen MR) is 81.7 cm³/mol. The zero-order valence-electron chi connectivity index (χ0n) is 10.9. The van der Waals surface area contributed by atoms with Crippen LogP contribution >= 0.6 is 27.7 Å². The maximum absolute atomic E-state index is 11.6. The van der Waals surface area contributed by atoms with E-state index >= 15 is 0 Å². The fourth-order valence-electron chi connectivity index (χ4n) is 1.49. The third kappa shape index (κ3) is 4.63. The van der Waals surface area contributed by atoms with Crippen LogP contribution < -0.4 is 5.73 Å². The highest BCUT2D eigenvalue weighted by Gasteiger charge is 2.18. The predicted octanol–water partition coefficient (Wildman–Crippen LogP) is 2.66. The fourth-order valence-corrected chi connectivity index (χ4v) is 2.99. The van der Waals surface area contributed by atoms with E-state index in [0.717, 1.165) is 10.0 Å². The lowest BCUT2D eigenvalue weighted by Gasteiger charge is -2.21. The van der Waals surface area contributed by atoms with E-state index in [0.29, 0.717) is 5.75 Å². The number of benzene rings is 1. The molecule has 100 valence electrons. The van der Waals surface area contributed by atoms with Crippen LogP contribution in [0.15, 0.2) is 28.7 Å². The second-order valence-electron chi connectivity index (χ2n) is 4.43. The third-order valence-corrected chi connectivity index (χ3v) is 4.56. The summed E-state index contributed by atoms with van der Waals surface area (Å²) in [6.07, 6.45) is 0. The monoisotopic (exact) mass is 330 g/mol. The van der Waals surface area contributed by atoms with Crippen molar-refractivity contribution in [1.29, 1.82) is 0 Å². The van der Waals surface area contributed by atoms with Gasteiger partial charge in [-0.1, -0.05) is 28.1 Å². The number of halogens is 1. The first-order valence-electron chi connectivity index (χ1n) is 5.74. The van der Waals surface area contributed by atoms with Gasteiger partial charge < -0.3 is 10.6 Å². The summed E-state index contributed by atoms with van der Waals surface area (Å²) in [7, 11) is 3.53. The molecule has 0 saturated carbocycles. The van der Waals surface area contributed by atoms with Crippen LogP contribution in [0.5, 0.6) is 0 Å². The van der Waals surface area contributed by atoms with E-state index in [4.69, 9.17) is 5.73 Å². The lowest BCUT2D eigenvalue weighted by atomic mass is 10.1. The van der Waals surface area contributed by atoms with Gasteiger partial charge in [0, 0.05) is 29.9 Å². The van der Waals surface area contributed by atoms with Crippen molar-refractivity contribution < 1.29 is 4.79 Å². The van der Waals surface area contributed by atoms with E-state index in [1.807, 2.05) is 31.2 Å². The van der Waals surface area contributed by atoms with Crippen LogP contribution in [-0.4, -0.2) is 36.7 Å². The van der Waals surface area contributed by atoms with Crippen molar-refractivity contribution in [2.45, 2.75) is 18.2 Å². The molecular weight excluding hydrogens is 312 g/mol. The number of rotatable bonds is 5. The summed E-state index contributed by atoms with van der Waals surface area (Å²) < 4.78 is 1.05. The Hall–Kier alpha value is -0.520. The van der Waals surface area contributed by atoms with Gasteiger partial charge in [0.25, 0.3) is 0 Å². The zero-order valence-corrected chi connectivity index (χ0v) is 13.3. The van der Waals surface area contributed by atoms with Gasteiger partial charge in [-0.25, -0.2) is 0 Å². The van der Waals surface area contributed by atoms with Crippen molar-refractivity contribution >= 4 is 33.6 Å². The van der Waals surface area contributed by atoms with Crippen LogP contribution in [0.1, 0.15) is 17.7 Å². The summed E-state index contributed by atoms with van der Waals surface area (Å²) >= 11 is 5.01. The van der Waals surface area contributed by atoms with E-state index in [1.54, 1.807) is 30.8 Å². The van der Waals surface area contributed by atoms with Crippen LogP contribution in [0.2, 0.25) is 0 Å². The van der Waals surface area contributed by atoms with Crippen molar-refractivity contribution in [1.82, 2.24) is 4.90 Å². The molecule has 2 unspecified atom stereocenters. The highest BCUT2D eigenvalue weighted by atomic mass is 79.9. The minimum atomic E-state index is 0.00568. The number of hydrogen-bond donors (Lipinski definition) is 1. The first-order chi connectivity index (χ1) is 8.41. The fraction of sp³-hybridized carbons (Fsp3) is 0.462. The van der Waals surface area contributed by atoms with Crippen molar-refractivity contribution in [2.75, 3.05) is 19.8 Å². The number of nitrogens with zero attached hydrogens (tertiary/aromatic N) is 1. The van der Waals surface area contributed by atoms with Gasteiger partial charge in [0.15, 0.2) is 0 Å². The van der Waals surface area contributed by atoms with Gasteiger partial charge in [0.1, 0.15) is 0 Å². The Morgan fingerprint density at radius 1 is 1.39 bits per heavy atom. The summed E-state index contributed by atoms with van der Waals surface area (Å²) in [5.74, 6) is 0.567. The summed E-state index contributed by atoms with van der Waals surface area (Å²) in [5, 5.41) is 0.141. The minimum Gasteiger partial charge on any atom is -0.348 e. The third-order valence-electron chi connectivity index (χ3n) is 2.56. The Bertz CT molecular complexity index is 392. The molecule has 18 heavy (non-hydrogen) atoms. The first-order valence-corrected chi connectivity index (χ1v) is 7.58. The van der Waals surface area contributed by atoms with Gasteiger partial charge in [-0.2, -0.15) is 0 Å². The van der Waals surface area contributed by atoms with E-state index in [-0.39, 0.29) is 17.2 Å². The minimum absolute atomic E-state index is 0.00568. The smallest absolute Gasteiger partial charge is 0.232 e. The Balaban J connectivity index is 2.72. The molecule has 1 amide bonds. The molecule has 1 rings (SSSR count). The van der Waals surface area contributed by atoms with Crippen molar-refractivity contribution in [3.8, 4) is 0 Å². The molecule has 0 radical (unpaired) electrons. The topological polar surface area (TPSA) is 46.3 Å². The maximum atomic E-state index is 11.6. The molecule has 0 bridgehead atoms. The van der Waals surface area contributed by atoms with Gasteiger partial charge >= 0.3 is 0 Å². The molecule has 0 heterocycles. The van der Waals surface area contributed by atoms with Crippen molar-refractivity contribution in [3.63, 3.8) is 0 Å². The second-order valence-corrected chi connectivity index (χ2v) is 6.48. The quantitative estimate of drug-likeness (QED) is 0.902. The SMILES string of the molecule is CC(N)C(SCC(=O)N(C)C)c1ccc(Br)cc1. The summed E-state index contributed by atoms with van der Waals surface area (Å²) in [5.41, 5.74) is 7.17. The van der Waals surface area contributed by atoms with E-state index in [2.05, 4.69) is 15.9 Å². The van der Waals surface area contributed by atoms with Crippen LogP contribution in [0.25, 0.3) is 0 Å². The average Bonchev–Trinajstić information content (AvgIpc) is 2.30. The zero-order chi connectivity index (χ0) is 13.7. The van der Waals surface area contributed by atoms with Gasteiger partial charge in [-0.3, -0.25) is 4.79 Å². The lowest BCUT2D eigenvalue weighted by Crippen LogP contribution is -2.27. The van der Waals surface area contributed by atoms with E-state index in [9.17, 15) is 4.79 Å². The normalized spacial score (nSPS) is 14.1. The molecule has 2 N–H and O–H groups in total. The van der Waals surface area contributed by atoms with Gasteiger partial charge in [-0.15, -0.1) is 11.8 Å². The van der Waals surface area contributed by atoms with Gasteiger partial charge in [-0.05, 0) is 24.6 Å². The number of amides is 1. The van der Waals surface area contributed by atoms with Gasteiger partial charge in [0.05, 0.1) is 5.75 Å². The summed E-state index contributed by atoms with van der Waals surface area (Å²) in [6.45, 7) is 1.97. The lowest BCUT2D eigenvalue weighted by molar-refractivity contribution is -0.125. The Kier molecular flexibility index (Phi) is 6.18. The summed E-state index contributed by atoms with van der Waals surface area (Å²) in [4.78, 5) is 13.2. The van der Waals surface area contributed by atoms with Crippen molar-refractivity contribution in [3.05, 3.63) is 34.3 Å². The van der Waals surface area contributed by atoms with Crippen LogP contribution in [-0.2, 0) is 4.79 Å². The Morgan fingerprint density at radius 3 is 2.39 bits per heavy atom. The average molecular weight is 331 g/mol. The number of carbonyl (C=O) groups excluding carboxylic acids is 1. The molecule has 1 aromatic carbocycles. The molecule has 1 aromatic rings. The highest BCUT2D eigenvalue weighted by Crippen LogP contribution is 2.32. The van der Waals surface area contributed by atoms with E-state index < -0.39 is 0 Å². The molecule has 0 spiro atoms. The standard InChI is InChI=1S/C13H19BrN2OS/c1-9(15)13(18-8-12(17)16(2)3)10-4-6-11(14)7-5-10/h4-7,9,13H,8,15H2,1-3H3. The van der Waals surface area contributed by atoms with E-state index in [1.165, 1.54) is 0 Å². The maximum Gasteiger partial charge on any atom is 0.232 e. The second kappa shape index (κ2) is 7.16. The van der Waals surface area contributed by atoms with Crippen molar-refractivity contribution in [2.24, 2.45) is 5.73 Å². The molecular formula is C13H19BrN2OS. The first kappa shape index (κ1) is 15.5. The molecule has 0 aromatic heterocycles. The van der Waals surface area contributed by atoms with Crippen LogP contribution in [0.4, 0.5) is 0 Å². The largest absolute Gasteiger partial charge is 0.348 e. The number of carbonyl (C=O) groups is 1. The molecule has 0 fully saturated rings. The molecule has 3 nitrogen and oxygen atoms in total. The molecule has 0 aliphatic carbocycles. The Morgan fingerprint density at radius 2 is 1.94 bits per heavy atom. The number of nitrogens with two attached hydrogens (primary N) is 1. The number of hydrogen-bond acceptors (Lipinski definition) is 3. The number of thioether (sulfide) groups is 1. The van der Waals surface area contributed by atoms with Crippen LogP contribution in [0.3, 0.4) is 0 Å². The molecule has 0 saturated heterocycles. The molecule has 2 atom stereocenters. The molecule has 0 aliphatic rings. The molecule has 5 heteroatoms. The van der Waals surface area contributed by atoms with Gasteiger partial charge in [0.2, 0.25) is 5.91 Å².